The molecule has 1 heterocycles. The molecule has 2 aromatic carbocycles. The van der Waals surface area contributed by atoms with Gasteiger partial charge in [0.2, 0.25) is 5.95 Å². The number of hydrogen-bond donors (Lipinski definition) is 1. The lowest BCUT2D eigenvalue weighted by Gasteiger charge is -2.20. The highest BCUT2D eigenvalue weighted by Crippen LogP contribution is 2.29. The maximum Gasteiger partial charge on any atom is 0.222 e. The average molecular weight is 268 g/mol. The summed E-state index contributed by atoms with van der Waals surface area (Å²) in [5, 5.41) is 0.897. The SMILES string of the molecule is CN(c1ccc(F)cc1)c1nc(N)nc2ccccc12. The highest BCUT2D eigenvalue weighted by molar-refractivity contribution is 5.92. The molecule has 0 unspecified atom stereocenters. The molecule has 20 heavy (non-hydrogen) atoms. The fourth-order valence-corrected chi connectivity index (χ4v) is 2.12. The Balaban J connectivity index is 2.15. The normalized spacial score (nSPS) is 10.7. The topological polar surface area (TPSA) is 55.0 Å². The third-order valence-corrected chi connectivity index (χ3v) is 3.13. The number of nitrogens with zero attached hydrogens (tertiary/aromatic N) is 3. The van der Waals surface area contributed by atoms with Crippen molar-refractivity contribution in [1.29, 1.82) is 0 Å². The summed E-state index contributed by atoms with van der Waals surface area (Å²) in [6, 6.07) is 13.9. The first-order valence-electron chi connectivity index (χ1n) is 6.17. The van der Waals surface area contributed by atoms with Crippen molar-refractivity contribution in [2.75, 3.05) is 17.7 Å². The van der Waals surface area contributed by atoms with Gasteiger partial charge in [0, 0.05) is 18.1 Å². The first-order chi connectivity index (χ1) is 9.65. The van der Waals surface area contributed by atoms with Crippen LogP contribution in [0.25, 0.3) is 10.9 Å². The lowest BCUT2D eigenvalue weighted by atomic mass is 10.2. The van der Waals surface area contributed by atoms with E-state index in [9.17, 15) is 4.39 Å². The second-order valence-corrected chi connectivity index (χ2v) is 4.46. The number of fused-ring (bicyclic) bond motifs is 1. The molecule has 0 atom stereocenters. The van der Waals surface area contributed by atoms with Crippen LogP contribution in [-0.4, -0.2) is 17.0 Å². The van der Waals surface area contributed by atoms with Crippen LogP contribution in [0, 0.1) is 5.82 Å². The van der Waals surface area contributed by atoms with Gasteiger partial charge in [-0.25, -0.2) is 9.37 Å². The smallest absolute Gasteiger partial charge is 0.222 e. The maximum absolute atomic E-state index is 13.0. The van der Waals surface area contributed by atoms with E-state index >= 15 is 0 Å². The molecule has 0 radical (unpaired) electrons. The molecule has 0 amide bonds. The number of benzene rings is 2. The summed E-state index contributed by atoms with van der Waals surface area (Å²) in [6.45, 7) is 0. The standard InChI is InChI=1S/C15H13FN4/c1-20(11-8-6-10(16)7-9-11)14-12-4-2-3-5-13(12)18-15(17)19-14/h2-9H,1H3,(H2,17,18,19). The van der Waals surface area contributed by atoms with Crippen LogP contribution in [-0.2, 0) is 0 Å². The third-order valence-electron chi connectivity index (χ3n) is 3.13. The van der Waals surface area contributed by atoms with E-state index in [0.29, 0.717) is 5.82 Å². The van der Waals surface area contributed by atoms with Gasteiger partial charge in [0.05, 0.1) is 5.52 Å². The van der Waals surface area contributed by atoms with Crippen LogP contribution in [0.15, 0.2) is 48.5 Å². The zero-order valence-corrected chi connectivity index (χ0v) is 10.9. The van der Waals surface area contributed by atoms with E-state index < -0.39 is 0 Å². The van der Waals surface area contributed by atoms with Crippen LogP contribution in [0.3, 0.4) is 0 Å². The van der Waals surface area contributed by atoms with Gasteiger partial charge in [-0.05, 0) is 36.4 Å². The Bertz CT molecular complexity index is 755. The van der Waals surface area contributed by atoms with Gasteiger partial charge in [-0.1, -0.05) is 12.1 Å². The molecule has 0 spiro atoms. The largest absolute Gasteiger partial charge is 0.368 e. The van der Waals surface area contributed by atoms with E-state index in [1.165, 1.54) is 12.1 Å². The van der Waals surface area contributed by atoms with Gasteiger partial charge in [-0.15, -0.1) is 0 Å². The summed E-state index contributed by atoms with van der Waals surface area (Å²) in [7, 11) is 1.86. The fourth-order valence-electron chi connectivity index (χ4n) is 2.12. The summed E-state index contributed by atoms with van der Waals surface area (Å²) in [5.74, 6) is 0.640. The van der Waals surface area contributed by atoms with Gasteiger partial charge in [-0.2, -0.15) is 4.98 Å². The molecule has 3 rings (SSSR count). The molecular formula is C15H13FN4. The molecule has 0 saturated carbocycles. The molecule has 0 aliphatic carbocycles. The van der Waals surface area contributed by atoms with Crippen molar-refractivity contribution in [3.63, 3.8) is 0 Å². The number of anilines is 3. The Morgan fingerprint density at radius 2 is 1.70 bits per heavy atom. The zero-order valence-electron chi connectivity index (χ0n) is 10.9. The van der Waals surface area contributed by atoms with Crippen molar-refractivity contribution in [2.24, 2.45) is 0 Å². The Labute approximate surface area is 115 Å². The van der Waals surface area contributed by atoms with Crippen molar-refractivity contribution in [1.82, 2.24) is 9.97 Å². The van der Waals surface area contributed by atoms with Gasteiger partial charge in [0.1, 0.15) is 11.6 Å². The number of hydrogen-bond acceptors (Lipinski definition) is 4. The van der Waals surface area contributed by atoms with E-state index in [0.717, 1.165) is 16.6 Å². The monoisotopic (exact) mass is 268 g/mol. The van der Waals surface area contributed by atoms with Crippen LogP contribution >= 0.6 is 0 Å². The highest BCUT2D eigenvalue weighted by atomic mass is 19.1. The fraction of sp³-hybridized carbons (Fsp3) is 0.0667. The van der Waals surface area contributed by atoms with Crippen molar-refractivity contribution >= 4 is 28.4 Å². The molecule has 0 aliphatic rings. The Kier molecular flexibility index (Phi) is 2.95. The van der Waals surface area contributed by atoms with Crippen molar-refractivity contribution in [2.45, 2.75) is 0 Å². The quantitative estimate of drug-likeness (QED) is 0.775. The molecule has 0 saturated heterocycles. The highest BCUT2D eigenvalue weighted by Gasteiger charge is 2.11. The van der Waals surface area contributed by atoms with Gasteiger partial charge < -0.3 is 10.6 Å². The number of halogens is 1. The average Bonchev–Trinajstić information content (AvgIpc) is 2.46. The zero-order chi connectivity index (χ0) is 14.1. The molecular weight excluding hydrogens is 255 g/mol. The van der Waals surface area contributed by atoms with Crippen molar-refractivity contribution in [3.8, 4) is 0 Å². The van der Waals surface area contributed by atoms with Crippen LogP contribution in [0.1, 0.15) is 0 Å². The van der Waals surface area contributed by atoms with Crippen LogP contribution in [0.4, 0.5) is 21.8 Å². The second-order valence-electron chi connectivity index (χ2n) is 4.46. The van der Waals surface area contributed by atoms with E-state index in [1.807, 2.05) is 36.2 Å². The minimum Gasteiger partial charge on any atom is -0.368 e. The summed E-state index contributed by atoms with van der Waals surface area (Å²) in [4.78, 5) is 10.4. The molecule has 0 fully saturated rings. The lowest BCUT2D eigenvalue weighted by molar-refractivity contribution is 0.628. The Hall–Kier alpha value is -2.69. The molecule has 0 aliphatic heterocycles. The van der Waals surface area contributed by atoms with Crippen molar-refractivity contribution < 1.29 is 4.39 Å². The molecule has 5 heteroatoms. The van der Waals surface area contributed by atoms with Gasteiger partial charge in [-0.3, -0.25) is 0 Å². The minimum atomic E-state index is -0.269. The maximum atomic E-state index is 13.0. The number of nitrogens with two attached hydrogens (primary N) is 1. The van der Waals surface area contributed by atoms with E-state index in [-0.39, 0.29) is 11.8 Å². The van der Waals surface area contributed by atoms with E-state index in [4.69, 9.17) is 5.73 Å². The number of nitrogen functional groups attached to an aromatic ring is 1. The van der Waals surface area contributed by atoms with Gasteiger partial charge in [0.25, 0.3) is 0 Å². The van der Waals surface area contributed by atoms with Gasteiger partial charge in [0.15, 0.2) is 0 Å². The van der Waals surface area contributed by atoms with E-state index in [1.54, 1.807) is 12.1 Å². The summed E-state index contributed by atoms with van der Waals surface area (Å²) in [6.07, 6.45) is 0. The molecule has 3 aromatic rings. The van der Waals surface area contributed by atoms with Crippen LogP contribution in [0.5, 0.6) is 0 Å². The second kappa shape index (κ2) is 4.77. The lowest BCUT2D eigenvalue weighted by Crippen LogP contribution is -2.13. The first kappa shape index (κ1) is 12.3. The van der Waals surface area contributed by atoms with Crippen molar-refractivity contribution in [3.05, 3.63) is 54.3 Å². The molecule has 100 valence electrons. The van der Waals surface area contributed by atoms with E-state index in [2.05, 4.69) is 9.97 Å². The predicted molar refractivity (Wildman–Crippen MR) is 78.4 cm³/mol. The summed E-state index contributed by atoms with van der Waals surface area (Å²) < 4.78 is 13.0. The first-order valence-corrected chi connectivity index (χ1v) is 6.17. The number of rotatable bonds is 2. The third kappa shape index (κ3) is 2.14. The van der Waals surface area contributed by atoms with Gasteiger partial charge >= 0.3 is 0 Å². The minimum absolute atomic E-state index is 0.215. The molecule has 0 bridgehead atoms. The number of para-hydroxylation sites is 1. The molecule has 2 N–H and O–H groups in total. The predicted octanol–water partition coefficient (Wildman–Crippen LogP) is 3.12. The summed E-state index contributed by atoms with van der Waals surface area (Å²) in [5.41, 5.74) is 7.37. The summed E-state index contributed by atoms with van der Waals surface area (Å²) >= 11 is 0. The number of aromatic nitrogens is 2. The molecule has 1 aromatic heterocycles. The van der Waals surface area contributed by atoms with Crippen LogP contribution in [0.2, 0.25) is 0 Å². The Morgan fingerprint density at radius 1 is 1.00 bits per heavy atom. The molecule has 4 nitrogen and oxygen atoms in total. The Morgan fingerprint density at radius 3 is 2.45 bits per heavy atom. The van der Waals surface area contributed by atoms with Crippen LogP contribution < -0.4 is 10.6 Å².